The Labute approximate surface area is 158 Å². The highest BCUT2D eigenvalue weighted by atomic mass is 32.2. The van der Waals surface area contributed by atoms with E-state index in [0.717, 1.165) is 11.8 Å². The Hall–Kier alpha value is -3.46. The predicted octanol–water partition coefficient (Wildman–Crippen LogP) is 3.53. The summed E-state index contributed by atoms with van der Waals surface area (Å²) in [4.78, 5) is 40.0. The zero-order valence-corrected chi connectivity index (χ0v) is 14.8. The lowest BCUT2D eigenvalue weighted by Crippen LogP contribution is -2.23. The van der Waals surface area contributed by atoms with Crippen molar-refractivity contribution in [3.63, 3.8) is 0 Å². The van der Waals surface area contributed by atoms with Gasteiger partial charge in [0.05, 0.1) is 21.1 Å². The molecule has 3 rings (SSSR count). The summed E-state index contributed by atoms with van der Waals surface area (Å²) in [5, 5.41) is 20.3. The molecule has 1 aliphatic heterocycles. The Morgan fingerprint density at radius 3 is 2.52 bits per heavy atom. The number of para-hydroxylation sites is 1. The summed E-state index contributed by atoms with van der Waals surface area (Å²) >= 11 is 1.11. The number of nitrogens with zero attached hydrogens (tertiary/aromatic N) is 3. The van der Waals surface area contributed by atoms with Crippen LogP contribution in [0, 0.1) is 10.1 Å². The third-order valence-corrected chi connectivity index (χ3v) is 4.82. The molecule has 8 nitrogen and oxygen atoms in total. The van der Waals surface area contributed by atoms with Crippen molar-refractivity contribution >= 4 is 46.3 Å². The van der Waals surface area contributed by atoms with Gasteiger partial charge in [0.25, 0.3) is 11.6 Å². The van der Waals surface area contributed by atoms with Crippen LogP contribution in [-0.2, 0) is 4.79 Å². The van der Waals surface area contributed by atoms with E-state index in [-0.39, 0.29) is 22.8 Å². The molecule has 136 valence electrons. The van der Waals surface area contributed by atoms with E-state index in [1.54, 1.807) is 43.5 Å². The van der Waals surface area contributed by atoms with Gasteiger partial charge in [0.1, 0.15) is 0 Å². The second-order valence-corrected chi connectivity index (χ2v) is 6.55. The van der Waals surface area contributed by atoms with Crippen molar-refractivity contribution in [1.29, 1.82) is 0 Å². The number of non-ortho nitro benzene ring substituents is 1. The minimum absolute atomic E-state index is 0.0350. The van der Waals surface area contributed by atoms with E-state index >= 15 is 0 Å². The lowest BCUT2D eigenvalue weighted by Gasteiger charge is -2.08. The molecule has 2 aromatic carbocycles. The number of carbonyl (C=O) groups excluding carboxylic acids is 1. The molecule has 0 aliphatic carbocycles. The number of rotatable bonds is 4. The first-order chi connectivity index (χ1) is 12.9. The first kappa shape index (κ1) is 18.3. The van der Waals surface area contributed by atoms with Crippen LogP contribution < -0.4 is 0 Å². The highest BCUT2D eigenvalue weighted by molar-refractivity contribution is 8.18. The first-order valence-corrected chi connectivity index (χ1v) is 8.51. The van der Waals surface area contributed by atoms with Gasteiger partial charge in [-0.3, -0.25) is 19.8 Å². The molecule has 0 radical (unpaired) electrons. The number of carboxylic acid groups (broad SMARTS) is 1. The van der Waals surface area contributed by atoms with Gasteiger partial charge in [-0.1, -0.05) is 12.1 Å². The number of carboxylic acids is 1. The lowest BCUT2D eigenvalue weighted by atomic mass is 10.2. The highest BCUT2D eigenvalue weighted by Gasteiger charge is 2.30. The van der Waals surface area contributed by atoms with Crippen molar-refractivity contribution in [2.75, 3.05) is 7.05 Å². The molecular weight excluding hydrogens is 370 g/mol. The number of carbonyl (C=O) groups is 2. The molecule has 1 heterocycles. The number of aromatic carboxylic acids is 1. The molecule has 0 aromatic heterocycles. The highest BCUT2D eigenvalue weighted by Crippen LogP contribution is 2.34. The smallest absolute Gasteiger partial charge is 0.337 e. The van der Waals surface area contributed by atoms with Crippen LogP contribution in [0.25, 0.3) is 6.08 Å². The topological polar surface area (TPSA) is 113 Å². The van der Waals surface area contributed by atoms with E-state index in [9.17, 15) is 24.8 Å². The first-order valence-electron chi connectivity index (χ1n) is 7.70. The third kappa shape index (κ3) is 3.87. The fraction of sp³-hybridized carbons (Fsp3) is 0.0556. The van der Waals surface area contributed by atoms with Crippen LogP contribution in [0.3, 0.4) is 0 Å². The van der Waals surface area contributed by atoms with E-state index in [0.29, 0.717) is 15.6 Å². The Bertz CT molecular complexity index is 998. The summed E-state index contributed by atoms with van der Waals surface area (Å²) in [6, 6.07) is 12.1. The SMILES string of the molecule is CN1C(=O)/C(=C/c2ccc([N+](=O)[O-])cc2)SC1=Nc1ccccc1C(=O)O. The number of aliphatic imine (C=N–C) groups is 1. The van der Waals surface area contributed by atoms with Gasteiger partial charge in [-0.2, -0.15) is 0 Å². The molecule has 0 bridgehead atoms. The molecule has 1 saturated heterocycles. The van der Waals surface area contributed by atoms with Crippen LogP contribution in [0.4, 0.5) is 11.4 Å². The zero-order chi connectivity index (χ0) is 19.6. The van der Waals surface area contributed by atoms with Crippen LogP contribution >= 0.6 is 11.8 Å². The molecule has 1 aliphatic rings. The molecule has 9 heteroatoms. The molecule has 1 N–H and O–H groups in total. The molecule has 2 aromatic rings. The monoisotopic (exact) mass is 383 g/mol. The molecule has 27 heavy (non-hydrogen) atoms. The predicted molar refractivity (Wildman–Crippen MR) is 102 cm³/mol. The fourth-order valence-electron chi connectivity index (χ4n) is 2.35. The molecule has 0 unspecified atom stereocenters. The maximum Gasteiger partial charge on any atom is 0.337 e. The summed E-state index contributed by atoms with van der Waals surface area (Å²) in [6.45, 7) is 0. The van der Waals surface area contributed by atoms with Gasteiger partial charge in [0.2, 0.25) is 0 Å². The fourth-order valence-corrected chi connectivity index (χ4v) is 3.33. The Kier molecular flexibility index (Phi) is 5.04. The van der Waals surface area contributed by atoms with Gasteiger partial charge < -0.3 is 5.11 Å². The van der Waals surface area contributed by atoms with E-state index in [2.05, 4.69) is 4.99 Å². The number of benzene rings is 2. The van der Waals surface area contributed by atoms with Gasteiger partial charge >= 0.3 is 5.97 Å². The normalized spacial score (nSPS) is 16.9. The van der Waals surface area contributed by atoms with Crippen LogP contribution in [-0.4, -0.2) is 39.0 Å². The van der Waals surface area contributed by atoms with Gasteiger partial charge in [-0.25, -0.2) is 9.79 Å². The van der Waals surface area contributed by atoms with Crippen LogP contribution in [0.15, 0.2) is 58.4 Å². The molecule has 0 atom stereocenters. The average Bonchev–Trinajstić information content (AvgIpc) is 2.90. The Morgan fingerprint density at radius 2 is 1.89 bits per heavy atom. The second kappa shape index (κ2) is 7.42. The van der Waals surface area contributed by atoms with Crippen molar-refractivity contribution in [2.45, 2.75) is 0 Å². The lowest BCUT2D eigenvalue weighted by molar-refractivity contribution is -0.384. The van der Waals surface area contributed by atoms with Crippen LogP contribution in [0.1, 0.15) is 15.9 Å². The van der Waals surface area contributed by atoms with Gasteiger partial charge in [0, 0.05) is 19.2 Å². The number of amides is 1. The summed E-state index contributed by atoms with van der Waals surface area (Å²) in [5.41, 5.74) is 0.896. The number of nitro groups is 1. The number of hydrogen-bond acceptors (Lipinski definition) is 6. The maximum absolute atomic E-state index is 12.4. The molecule has 0 spiro atoms. The largest absolute Gasteiger partial charge is 0.478 e. The number of hydrogen-bond donors (Lipinski definition) is 1. The molecule has 0 saturated carbocycles. The van der Waals surface area contributed by atoms with E-state index in [4.69, 9.17) is 0 Å². The number of likely N-dealkylation sites (N-methyl/N-ethyl adjacent to an activating group) is 1. The van der Waals surface area contributed by atoms with E-state index in [1.807, 2.05) is 0 Å². The van der Waals surface area contributed by atoms with E-state index in [1.165, 1.54) is 23.1 Å². The minimum Gasteiger partial charge on any atom is -0.478 e. The van der Waals surface area contributed by atoms with Crippen molar-refractivity contribution < 1.29 is 19.6 Å². The maximum atomic E-state index is 12.4. The van der Waals surface area contributed by atoms with Crippen molar-refractivity contribution in [3.05, 3.63) is 74.7 Å². The van der Waals surface area contributed by atoms with Crippen molar-refractivity contribution in [2.24, 2.45) is 4.99 Å². The third-order valence-electron chi connectivity index (χ3n) is 3.76. The Balaban J connectivity index is 1.91. The Morgan fingerprint density at radius 1 is 1.22 bits per heavy atom. The summed E-state index contributed by atoms with van der Waals surface area (Å²) in [5.74, 6) is -1.39. The number of nitro benzene ring substituents is 1. The number of amidine groups is 1. The quantitative estimate of drug-likeness (QED) is 0.491. The van der Waals surface area contributed by atoms with Gasteiger partial charge in [-0.15, -0.1) is 0 Å². The summed E-state index contributed by atoms with van der Waals surface area (Å²) in [6.07, 6.45) is 1.61. The average molecular weight is 383 g/mol. The van der Waals surface area contributed by atoms with Gasteiger partial charge in [-0.05, 0) is 47.7 Å². The molecular formula is C18H13N3O5S. The summed E-state index contributed by atoms with van der Waals surface area (Å²) in [7, 11) is 1.55. The summed E-state index contributed by atoms with van der Waals surface area (Å²) < 4.78 is 0. The molecule has 1 amide bonds. The van der Waals surface area contributed by atoms with Gasteiger partial charge in [0.15, 0.2) is 5.17 Å². The standard InChI is InChI=1S/C18H13N3O5S/c1-20-16(22)15(10-11-6-8-12(9-7-11)21(25)26)27-18(20)19-14-5-3-2-4-13(14)17(23)24/h2-10H,1H3,(H,23,24)/b15-10-,19-18?. The van der Waals surface area contributed by atoms with E-state index < -0.39 is 10.9 Å². The van der Waals surface area contributed by atoms with Crippen molar-refractivity contribution in [3.8, 4) is 0 Å². The number of thioether (sulfide) groups is 1. The molecule has 1 fully saturated rings. The zero-order valence-electron chi connectivity index (χ0n) is 14.0. The van der Waals surface area contributed by atoms with Crippen LogP contribution in [0.2, 0.25) is 0 Å². The minimum atomic E-state index is -1.10. The van der Waals surface area contributed by atoms with Crippen molar-refractivity contribution in [1.82, 2.24) is 4.90 Å². The second-order valence-electron chi connectivity index (χ2n) is 5.54. The van der Waals surface area contributed by atoms with Crippen LogP contribution in [0.5, 0.6) is 0 Å².